The van der Waals surface area contributed by atoms with Crippen LogP contribution in [0.2, 0.25) is 0 Å². The molecule has 0 unspecified atom stereocenters. The van der Waals surface area contributed by atoms with Gasteiger partial charge < -0.3 is 4.57 Å². The number of aromatic nitrogens is 2. The van der Waals surface area contributed by atoms with Crippen LogP contribution in [0.5, 0.6) is 0 Å². The van der Waals surface area contributed by atoms with E-state index in [1.807, 2.05) is 37.3 Å². The van der Waals surface area contributed by atoms with Crippen LogP contribution in [0.25, 0.3) is 11.0 Å². The van der Waals surface area contributed by atoms with Crippen molar-refractivity contribution in [1.29, 1.82) is 0 Å². The molecular formula is C15H13N2. The highest BCUT2D eigenvalue weighted by Crippen LogP contribution is 2.16. The van der Waals surface area contributed by atoms with Crippen LogP contribution in [-0.2, 0) is 6.54 Å². The summed E-state index contributed by atoms with van der Waals surface area (Å²) in [4.78, 5) is 4.56. The van der Waals surface area contributed by atoms with E-state index >= 15 is 0 Å². The Kier molecular flexibility index (Phi) is 2.41. The Morgan fingerprint density at radius 2 is 1.94 bits per heavy atom. The first-order valence-electron chi connectivity index (χ1n) is 5.72. The van der Waals surface area contributed by atoms with Crippen molar-refractivity contribution in [3.05, 3.63) is 66.0 Å². The van der Waals surface area contributed by atoms with Crippen molar-refractivity contribution in [3.63, 3.8) is 0 Å². The summed E-state index contributed by atoms with van der Waals surface area (Å²) in [7, 11) is 0. The van der Waals surface area contributed by atoms with E-state index in [1.54, 1.807) is 0 Å². The van der Waals surface area contributed by atoms with E-state index in [0.29, 0.717) is 0 Å². The summed E-state index contributed by atoms with van der Waals surface area (Å²) in [6.45, 7) is 2.87. The Balaban J connectivity index is 2.08. The summed E-state index contributed by atoms with van der Waals surface area (Å²) in [6.07, 6.45) is 0. The first kappa shape index (κ1) is 10.1. The molecule has 0 atom stereocenters. The molecule has 0 aliphatic heterocycles. The summed E-state index contributed by atoms with van der Waals surface area (Å²) in [5.74, 6) is 1.04. The van der Waals surface area contributed by atoms with Gasteiger partial charge in [-0.15, -0.1) is 0 Å². The molecule has 83 valence electrons. The van der Waals surface area contributed by atoms with Crippen molar-refractivity contribution in [2.75, 3.05) is 0 Å². The minimum Gasteiger partial charge on any atom is -0.324 e. The third kappa shape index (κ3) is 1.82. The molecule has 3 aromatic rings. The van der Waals surface area contributed by atoms with Crippen molar-refractivity contribution in [1.82, 2.24) is 9.55 Å². The van der Waals surface area contributed by atoms with Crippen LogP contribution in [0.1, 0.15) is 11.4 Å². The molecule has 2 aromatic carbocycles. The molecule has 1 heterocycles. The van der Waals surface area contributed by atoms with E-state index in [1.165, 1.54) is 11.1 Å². The van der Waals surface area contributed by atoms with E-state index in [2.05, 4.69) is 33.8 Å². The number of hydrogen-bond acceptors (Lipinski definition) is 1. The highest BCUT2D eigenvalue weighted by molar-refractivity contribution is 5.75. The van der Waals surface area contributed by atoms with Gasteiger partial charge in [0, 0.05) is 6.54 Å². The van der Waals surface area contributed by atoms with E-state index in [9.17, 15) is 0 Å². The quantitative estimate of drug-likeness (QED) is 0.649. The van der Waals surface area contributed by atoms with E-state index < -0.39 is 0 Å². The molecule has 0 aliphatic rings. The van der Waals surface area contributed by atoms with E-state index in [4.69, 9.17) is 0 Å². The lowest BCUT2D eigenvalue weighted by Crippen LogP contribution is -2.01. The van der Waals surface area contributed by atoms with Gasteiger partial charge in [0.2, 0.25) is 0 Å². The Bertz CT molecular complexity index is 638. The van der Waals surface area contributed by atoms with Crippen molar-refractivity contribution >= 4 is 11.0 Å². The van der Waals surface area contributed by atoms with Gasteiger partial charge in [-0.25, -0.2) is 4.98 Å². The molecule has 17 heavy (non-hydrogen) atoms. The number of rotatable bonds is 2. The normalized spacial score (nSPS) is 10.9. The maximum Gasteiger partial charge on any atom is 0.107 e. The third-order valence-corrected chi connectivity index (χ3v) is 2.95. The summed E-state index contributed by atoms with van der Waals surface area (Å²) in [5.41, 5.74) is 3.42. The van der Waals surface area contributed by atoms with E-state index in [-0.39, 0.29) is 0 Å². The number of para-hydroxylation sites is 2. The monoisotopic (exact) mass is 221 g/mol. The van der Waals surface area contributed by atoms with Crippen molar-refractivity contribution in [3.8, 4) is 0 Å². The maximum atomic E-state index is 4.56. The van der Waals surface area contributed by atoms with Gasteiger partial charge >= 0.3 is 0 Å². The highest BCUT2D eigenvalue weighted by atomic mass is 15.1. The largest absolute Gasteiger partial charge is 0.324 e. The Morgan fingerprint density at radius 1 is 1.12 bits per heavy atom. The predicted octanol–water partition coefficient (Wildman–Crippen LogP) is 3.19. The second kappa shape index (κ2) is 4.06. The van der Waals surface area contributed by atoms with Crippen molar-refractivity contribution < 1.29 is 0 Å². The van der Waals surface area contributed by atoms with Crippen LogP contribution >= 0.6 is 0 Å². The molecule has 0 aliphatic carbocycles. The third-order valence-electron chi connectivity index (χ3n) is 2.95. The molecule has 2 heteroatoms. The fraction of sp³-hybridized carbons (Fsp3) is 0.133. The predicted molar refractivity (Wildman–Crippen MR) is 68.9 cm³/mol. The van der Waals surface area contributed by atoms with Crippen LogP contribution in [0.4, 0.5) is 0 Å². The molecule has 3 rings (SSSR count). The number of nitrogens with zero attached hydrogens (tertiary/aromatic N) is 2. The van der Waals surface area contributed by atoms with Crippen molar-refractivity contribution in [2.45, 2.75) is 13.5 Å². The van der Waals surface area contributed by atoms with Crippen LogP contribution in [-0.4, -0.2) is 9.55 Å². The zero-order chi connectivity index (χ0) is 11.7. The Hall–Kier alpha value is -2.09. The highest BCUT2D eigenvalue weighted by Gasteiger charge is 2.06. The zero-order valence-corrected chi connectivity index (χ0v) is 9.72. The van der Waals surface area contributed by atoms with Gasteiger partial charge in [-0.3, -0.25) is 0 Å². The fourth-order valence-corrected chi connectivity index (χ4v) is 2.09. The smallest absolute Gasteiger partial charge is 0.107 e. The number of benzene rings is 2. The van der Waals surface area contributed by atoms with Crippen LogP contribution in [0.3, 0.4) is 0 Å². The van der Waals surface area contributed by atoms with Gasteiger partial charge in [0.25, 0.3) is 0 Å². The van der Waals surface area contributed by atoms with Gasteiger partial charge in [-0.2, -0.15) is 0 Å². The number of hydrogen-bond donors (Lipinski definition) is 0. The minimum absolute atomic E-state index is 0.827. The molecule has 0 amide bonds. The lowest BCUT2D eigenvalue weighted by Gasteiger charge is -2.06. The second-order valence-corrected chi connectivity index (χ2v) is 4.12. The second-order valence-electron chi connectivity index (χ2n) is 4.12. The lowest BCUT2D eigenvalue weighted by molar-refractivity contribution is 0.785. The van der Waals surface area contributed by atoms with Crippen molar-refractivity contribution in [2.24, 2.45) is 0 Å². The molecule has 0 fully saturated rings. The van der Waals surface area contributed by atoms with Gasteiger partial charge in [0.1, 0.15) is 5.82 Å². The van der Waals surface area contributed by atoms with E-state index in [0.717, 1.165) is 17.9 Å². The average Bonchev–Trinajstić information content (AvgIpc) is 2.68. The number of imidazole rings is 1. The zero-order valence-electron chi connectivity index (χ0n) is 9.72. The molecule has 0 bridgehead atoms. The molecule has 1 radical (unpaired) electrons. The molecule has 0 spiro atoms. The summed E-state index contributed by atoms with van der Waals surface area (Å²) < 4.78 is 2.22. The molecule has 1 aromatic heterocycles. The SMILES string of the molecule is Cc1nc2ccccc2n1Cc1[c]cccc1. The number of fused-ring (bicyclic) bond motifs is 1. The van der Waals surface area contributed by atoms with Crippen LogP contribution < -0.4 is 0 Å². The molecule has 0 saturated heterocycles. The molecule has 0 N–H and O–H groups in total. The Labute approximate surface area is 101 Å². The standard InChI is InChI=1S/C15H13N2/c1-12-16-14-9-5-6-10-15(14)17(12)11-13-7-3-2-4-8-13/h2-7,9-10H,11H2,1H3. The molecular weight excluding hydrogens is 208 g/mol. The maximum absolute atomic E-state index is 4.56. The van der Waals surface area contributed by atoms with Gasteiger partial charge in [-0.05, 0) is 30.7 Å². The van der Waals surface area contributed by atoms with Gasteiger partial charge in [0.15, 0.2) is 0 Å². The first-order valence-corrected chi connectivity index (χ1v) is 5.72. The minimum atomic E-state index is 0.827. The average molecular weight is 221 g/mol. The summed E-state index contributed by atoms with van der Waals surface area (Å²) in [6, 6.07) is 19.6. The summed E-state index contributed by atoms with van der Waals surface area (Å²) in [5, 5.41) is 0. The first-order chi connectivity index (χ1) is 8.34. The van der Waals surface area contributed by atoms with Crippen LogP contribution in [0.15, 0.2) is 48.5 Å². The van der Waals surface area contributed by atoms with Crippen LogP contribution in [0, 0.1) is 13.0 Å². The van der Waals surface area contributed by atoms with Gasteiger partial charge in [0.05, 0.1) is 11.0 Å². The fourth-order valence-electron chi connectivity index (χ4n) is 2.09. The topological polar surface area (TPSA) is 17.8 Å². The molecule has 2 nitrogen and oxygen atoms in total. The van der Waals surface area contributed by atoms with Gasteiger partial charge in [-0.1, -0.05) is 36.4 Å². The number of aryl methyl sites for hydroxylation is 1. The molecule has 0 saturated carbocycles. The Morgan fingerprint density at radius 3 is 2.76 bits per heavy atom. The lowest BCUT2D eigenvalue weighted by atomic mass is 10.2. The summed E-state index contributed by atoms with van der Waals surface area (Å²) >= 11 is 0.